The highest BCUT2D eigenvalue weighted by molar-refractivity contribution is 5.74. The van der Waals surface area contributed by atoms with Gasteiger partial charge in [-0.25, -0.2) is 4.98 Å². The lowest BCUT2D eigenvalue weighted by Gasteiger charge is -2.12. The Morgan fingerprint density at radius 2 is 2.22 bits per heavy atom. The summed E-state index contributed by atoms with van der Waals surface area (Å²) >= 11 is 0. The van der Waals surface area contributed by atoms with E-state index in [2.05, 4.69) is 21.4 Å². The molecule has 3 N–H and O–H groups in total. The lowest BCUT2D eigenvalue weighted by molar-refractivity contribution is 0.580. The van der Waals surface area contributed by atoms with Crippen LogP contribution >= 0.6 is 0 Å². The Morgan fingerprint density at radius 1 is 1.35 bits per heavy atom. The van der Waals surface area contributed by atoms with Crippen LogP contribution in [0, 0.1) is 18.3 Å². The van der Waals surface area contributed by atoms with Crippen molar-refractivity contribution in [2.24, 2.45) is 0 Å². The van der Waals surface area contributed by atoms with Crippen LogP contribution in [0.25, 0.3) is 11.5 Å². The van der Waals surface area contributed by atoms with Crippen LogP contribution < -0.4 is 11.1 Å². The minimum Gasteiger partial charge on any atom is -0.463 e. The Hall–Kier alpha value is -3.33. The van der Waals surface area contributed by atoms with E-state index in [9.17, 15) is 5.26 Å². The second-order valence-corrected chi connectivity index (χ2v) is 5.03. The molecule has 6 nitrogen and oxygen atoms in total. The summed E-state index contributed by atoms with van der Waals surface area (Å²) in [4.78, 5) is 8.56. The number of nitrogens with zero attached hydrogens (tertiary/aromatic N) is 3. The number of nitrogen functional groups attached to an aromatic ring is 1. The Kier molecular flexibility index (Phi) is 3.93. The third-order valence-electron chi connectivity index (χ3n) is 3.47. The second kappa shape index (κ2) is 6.20. The first-order valence-electron chi connectivity index (χ1n) is 7.08. The summed E-state index contributed by atoms with van der Waals surface area (Å²) in [6, 6.07) is 11.2. The quantitative estimate of drug-likeness (QED) is 0.768. The average Bonchev–Trinajstić information content (AvgIpc) is 3.08. The number of hydrogen-bond donors (Lipinski definition) is 2. The number of furan rings is 1. The maximum atomic E-state index is 9.51. The van der Waals surface area contributed by atoms with E-state index < -0.39 is 0 Å². The fourth-order valence-electron chi connectivity index (χ4n) is 2.29. The number of hydrogen-bond acceptors (Lipinski definition) is 6. The largest absolute Gasteiger partial charge is 0.463 e. The molecule has 3 aromatic heterocycles. The first-order chi connectivity index (χ1) is 11.2. The van der Waals surface area contributed by atoms with E-state index in [1.54, 1.807) is 24.4 Å². The van der Waals surface area contributed by atoms with Gasteiger partial charge in [-0.05, 0) is 30.7 Å². The third kappa shape index (κ3) is 2.99. The number of nitriles is 1. The van der Waals surface area contributed by atoms with Crippen LogP contribution in [0.3, 0.4) is 0 Å². The highest BCUT2D eigenvalue weighted by Gasteiger charge is 2.15. The topological polar surface area (TPSA) is 101 Å². The number of aryl methyl sites for hydroxylation is 1. The summed E-state index contributed by atoms with van der Waals surface area (Å²) in [6.07, 6.45) is 3.27. The molecule has 0 saturated carbocycles. The molecule has 0 aromatic carbocycles. The minimum atomic E-state index is 0.315. The predicted octanol–water partition coefficient (Wildman–Crippen LogP) is 3.11. The Bertz CT molecular complexity index is 865. The molecular formula is C17H15N5O. The summed E-state index contributed by atoms with van der Waals surface area (Å²) in [6.45, 7) is 2.48. The molecule has 0 amide bonds. The maximum Gasteiger partial charge on any atom is 0.153 e. The second-order valence-electron chi connectivity index (χ2n) is 5.03. The molecule has 3 aromatic rings. The predicted molar refractivity (Wildman–Crippen MR) is 87.4 cm³/mol. The standard InChI is InChI=1S/C17H15N5O/c1-11-4-2-6-20-14(11)10-21-13-8-16(19)22-17(12(13)9-18)15-5-3-7-23-15/h2-8H,10H2,1H3,(H3,19,21,22). The van der Waals surface area contributed by atoms with E-state index in [1.165, 1.54) is 6.26 Å². The first-order valence-corrected chi connectivity index (χ1v) is 7.08. The van der Waals surface area contributed by atoms with Crippen LogP contribution in [0.15, 0.2) is 47.2 Å². The number of rotatable bonds is 4. The Labute approximate surface area is 133 Å². The minimum absolute atomic E-state index is 0.315. The van der Waals surface area contributed by atoms with E-state index in [4.69, 9.17) is 10.2 Å². The van der Waals surface area contributed by atoms with Crippen LogP contribution in [0.4, 0.5) is 11.5 Å². The van der Waals surface area contributed by atoms with Gasteiger partial charge in [-0.2, -0.15) is 5.26 Å². The van der Waals surface area contributed by atoms with Crippen molar-refractivity contribution < 1.29 is 4.42 Å². The lowest BCUT2D eigenvalue weighted by atomic mass is 10.1. The Morgan fingerprint density at radius 3 is 2.91 bits per heavy atom. The zero-order valence-corrected chi connectivity index (χ0v) is 12.6. The average molecular weight is 305 g/mol. The SMILES string of the molecule is Cc1cccnc1CNc1cc(N)nc(-c2ccco2)c1C#N. The molecule has 0 aliphatic carbocycles. The highest BCUT2D eigenvalue weighted by atomic mass is 16.3. The van der Waals surface area contributed by atoms with Crippen molar-refractivity contribution in [1.29, 1.82) is 5.26 Å². The molecular weight excluding hydrogens is 290 g/mol. The monoisotopic (exact) mass is 305 g/mol. The molecule has 23 heavy (non-hydrogen) atoms. The molecule has 0 atom stereocenters. The molecule has 0 fully saturated rings. The summed E-state index contributed by atoms with van der Waals surface area (Å²) in [5.74, 6) is 0.821. The van der Waals surface area contributed by atoms with Crippen molar-refractivity contribution in [1.82, 2.24) is 9.97 Å². The van der Waals surface area contributed by atoms with E-state index in [0.717, 1.165) is 11.3 Å². The van der Waals surface area contributed by atoms with Crippen molar-refractivity contribution in [3.8, 4) is 17.5 Å². The first kappa shape index (κ1) is 14.6. The number of aromatic nitrogens is 2. The van der Waals surface area contributed by atoms with Gasteiger partial charge in [-0.1, -0.05) is 6.07 Å². The van der Waals surface area contributed by atoms with E-state index in [-0.39, 0.29) is 0 Å². The highest BCUT2D eigenvalue weighted by Crippen LogP contribution is 2.29. The van der Waals surface area contributed by atoms with Gasteiger partial charge < -0.3 is 15.5 Å². The molecule has 0 aliphatic heterocycles. The van der Waals surface area contributed by atoms with Gasteiger partial charge in [0.1, 0.15) is 23.1 Å². The number of anilines is 2. The van der Waals surface area contributed by atoms with Gasteiger partial charge in [0.05, 0.1) is 24.2 Å². The van der Waals surface area contributed by atoms with Crippen molar-refractivity contribution in [2.75, 3.05) is 11.1 Å². The molecule has 0 saturated heterocycles. The van der Waals surface area contributed by atoms with Gasteiger partial charge in [-0.3, -0.25) is 4.98 Å². The fraction of sp³-hybridized carbons (Fsp3) is 0.118. The number of pyridine rings is 2. The molecule has 6 heteroatoms. The normalized spacial score (nSPS) is 10.3. The van der Waals surface area contributed by atoms with Crippen LogP contribution in [-0.4, -0.2) is 9.97 Å². The number of nitrogens with two attached hydrogens (primary N) is 1. The Balaban J connectivity index is 1.96. The van der Waals surface area contributed by atoms with Gasteiger partial charge in [0, 0.05) is 12.3 Å². The van der Waals surface area contributed by atoms with Crippen molar-refractivity contribution in [2.45, 2.75) is 13.5 Å². The smallest absolute Gasteiger partial charge is 0.153 e. The zero-order chi connectivity index (χ0) is 16.2. The summed E-state index contributed by atoms with van der Waals surface area (Å²) in [5, 5.41) is 12.7. The van der Waals surface area contributed by atoms with Crippen molar-refractivity contribution in [3.05, 3.63) is 59.6 Å². The molecule has 0 radical (unpaired) electrons. The lowest BCUT2D eigenvalue weighted by Crippen LogP contribution is -2.07. The van der Waals surface area contributed by atoms with Crippen LogP contribution in [0.1, 0.15) is 16.8 Å². The van der Waals surface area contributed by atoms with Crippen LogP contribution in [0.2, 0.25) is 0 Å². The molecule has 0 unspecified atom stereocenters. The van der Waals surface area contributed by atoms with E-state index in [1.807, 2.05) is 19.1 Å². The molecule has 114 valence electrons. The van der Waals surface area contributed by atoms with E-state index >= 15 is 0 Å². The summed E-state index contributed by atoms with van der Waals surface area (Å²) < 4.78 is 5.34. The van der Waals surface area contributed by atoms with E-state index in [0.29, 0.717) is 35.1 Å². The van der Waals surface area contributed by atoms with Gasteiger partial charge in [0.2, 0.25) is 0 Å². The van der Waals surface area contributed by atoms with Crippen LogP contribution in [0.5, 0.6) is 0 Å². The molecule has 0 bridgehead atoms. The summed E-state index contributed by atoms with van der Waals surface area (Å²) in [5.41, 5.74) is 9.28. The summed E-state index contributed by atoms with van der Waals surface area (Å²) in [7, 11) is 0. The van der Waals surface area contributed by atoms with Crippen LogP contribution in [-0.2, 0) is 6.54 Å². The maximum absolute atomic E-state index is 9.51. The van der Waals surface area contributed by atoms with Gasteiger partial charge in [0.25, 0.3) is 0 Å². The van der Waals surface area contributed by atoms with Gasteiger partial charge in [-0.15, -0.1) is 0 Å². The van der Waals surface area contributed by atoms with Gasteiger partial charge in [0.15, 0.2) is 5.76 Å². The molecule has 3 heterocycles. The van der Waals surface area contributed by atoms with Gasteiger partial charge >= 0.3 is 0 Å². The third-order valence-corrected chi connectivity index (χ3v) is 3.47. The fourth-order valence-corrected chi connectivity index (χ4v) is 2.29. The molecule has 3 rings (SSSR count). The molecule has 0 spiro atoms. The van der Waals surface area contributed by atoms with Crippen molar-refractivity contribution in [3.63, 3.8) is 0 Å². The number of nitrogens with one attached hydrogen (secondary N) is 1. The molecule has 0 aliphatic rings. The van der Waals surface area contributed by atoms with Crippen molar-refractivity contribution >= 4 is 11.5 Å². The zero-order valence-electron chi connectivity index (χ0n) is 12.6.